The molecule has 2 atom stereocenters. The molecule has 1 spiro atoms. The molecular formula is C25H49NO3. The van der Waals surface area contributed by atoms with Crippen LogP contribution in [0.3, 0.4) is 0 Å². The van der Waals surface area contributed by atoms with Gasteiger partial charge in [0, 0.05) is 18.4 Å². The number of hydroxylamine groups is 2. The first kappa shape index (κ1) is 25.1. The first-order valence-electron chi connectivity index (χ1n) is 12.6. The lowest BCUT2D eigenvalue weighted by Crippen LogP contribution is -2.66. The van der Waals surface area contributed by atoms with E-state index in [4.69, 9.17) is 9.47 Å². The number of unbranched alkanes of at least 4 members (excludes halogenated alkanes) is 9. The number of rotatable bonds is 13. The summed E-state index contributed by atoms with van der Waals surface area (Å²) < 4.78 is 12.9. The van der Waals surface area contributed by atoms with Crippen molar-refractivity contribution < 1.29 is 14.7 Å². The van der Waals surface area contributed by atoms with Crippen molar-refractivity contribution in [3.05, 3.63) is 0 Å². The zero-order valence-electron chi connectivity index (χ0n) is 20.1. The first-order valence-corrected chi connectivity index (χ1v) is 12.6. The summed E-state index contributed by atoms with van der Waals surface area (Å²) >= 11 is 0. The van der Waals surface area contributed by atoms with Crippen molar-refractivity contribution in [1.82, 2.24) is 5.06 Å². The van der Waals surface area contributed by atoms with E-state index in [1.807, 2.05) is 0 Å². The summed E-state index contributed by atoms with van der Waals surface area (Å²) in [5, 5.41) is 12.5. The fourth-order valence-electron chi connectivity index (χ4n) is 5.62. The normalized spacial score (nSPS) is 29.0. The van der Waals surface area contributed by atoms with Gasteiger partial charge in [0.25, 0.3) is 0 Å². The Kier molecular flexibility index (Phi) is 9.92. The highest BCUT2D eigenvalue weighted by molar-refractivity contribution is 5.05. The maximum absolute atomic E-state index is 10.9. The van der Waals surface area contributed by atoms with E-state index < -0.39 is 5.79 Å². The quantitative estimate of drug-likeness (QED) is 0.325. The minimum absolute atomic E-state index is 0.219. The minimum atomic E-state index is -0.516. The Hall–Kier alpha value is -0.160. The van der Waals surface area contributed by atoms with Crippen LogP contribution in [-0.2, 0) is 9.47 Å². The SMILES string of the molecule is CCCCCCCCCCCCC1COC2(CC(C)(C)N(O)C(CC)(CC)C2)O1. The monoisotopic (exact) mass is 411 g/mol. The molecule has 4 nitrogen and oxygen atoms in total. The fraction of sp³-hybridized carbons (Fsp3) is 1.00. The highest BCUT2D eigenvalue weighted by atomic mass is 16.7. The zero-order chi connectivity index (χ0) is 21.4. The summed E-state index contributed by atoms with van der Waals surface area (Å²) in [4.78, 5) is 0. The number of piperidine rings is 1. The van der Waals surface area contributed by atoms with Gasteiger partial charge in [-0.3, -0.25) is 0 Å². The summed E-state index contributed by atoms with van der Waals surface area (Å²) in [6, 6.07) is 0. The summed E-state index contributed by atoms with van der Waals surface area (Å²) in [5.41, 5.74) is -0.593. The Morgan fingerprint density at radius 2 is 1.38 bits per heavy atom. The van der Waals surface area contributed by atoms with Gasteiger partial charge in [-0.1, -0.05) is 85.0 Å². The summed E-state index contributed by atoms with van der Waals surface area (Å²) in [6.45, 7) is 11.5. The smallest absolute Gasteiger partial charge is 0.172 e. The molecule has 4 heteroatoms. The molecule has 2 aliphatic rings. The van der Waals surface area contributed by atoms with Gasteiger partial charge in [-0.2, -0.15) is 5.06 Å². The van der Waals surface area contributed by atoms with Crippen molar-refractivity contribution in [2.45, 2.75) is 154 Å². The predicted octanol–water partition coefficient (Wildman–Crippen LogP) is 7.23. The van der Waals surface area contributed by atoms with Gasteiger partial charge < -0.3 is 14.7 Å². The van der Waals surface area contributed by atoms with Crippen molar-refractivity contribution in [3.63, 3.8) is 0 Å². The van der Waals surface area contributed by atoms with Crippen LogP contribution in [-0.4, -0.2) is 39.8 Å². The van der Waals surface area contributed by atoms with Crippen molar-refractivity contribution in [1.29, 1.82) is 0 Å². The van der Waals surface area contributed by atoms with Crippen LogP contribution in [0, 0.1) is 0 Å². The molecule has 2 fully saturated rings. The number of nitrogens with zero attached hydrogens (tertiary/aromatic N) is 1. The highest BCUT2D eigenvalue weighted by Crippen LogP contribution is 2.50. The molecule has 2 saturated heterocycles. The molecular weight excluding hydrogens is 362 g/mol. The van der Waals surface area contributed by atoms with Crippen molar-refractivity contribution >= 4 is 0 Å². The van der Waals surface area contributed by atoms with Crippen LogP contribution in [0.2, 0.25) is 0 Å². The maximum Gasteiger partial charge on any atom is 0.172 e. The molecule has 0 bridgehead atoms. The van der Waals surface area contributed by atoms with Gasteiger partial charge in [-0.25, -0.2) is 0 Å². The van der Waals surface area contributed by atoms with Crippen LogP contribution >= 0.6 is 0 Å². The lowest BCUT2D eigenvalue weighted by Gasteiger charge is -2.56. The number of hydrogen-bond acceptors (Lipinski definition) is 4. The molecule has 0 aromatic heterocycles. The van der Waals surface area contributed by atoms with Crippen LogP contribution < -0.4 is 0 Å². The molecule has 172 valence electrons. The molecule has 2 unspecified atom stereocenters. The molecule has 2 rings (SSSR count). The van der Waals surface area contributed by atoms with Gasteiger partial charge in [0.1, 0.15) is 0 Å². The summed E-state index contributed by atoms with van der Waals surface area (Å²) in [7, 11) is 0. The Labute approximate surface area is 180 Å². The Morgan fingerprint density at radius 3 is 1.93 bits per heavy atom. The molecule has 0 aliphatic carbocycles. The summed E-state index contributed by atoms with van der Waals surface area (Å²) in [6.07, 6.45) is 18.3. The van der Waals surface area contributed by atoms with Crippen LogP contribution in [0.1, 0.15) is 131 Å². The minimum Gasteiger partial charge on any atom is -0.347 e. The Bertz CT molecular complexity index is 463. The second-order valence-electron chi connectivity index (χ2n) is 10.3. The molecule has 0 radical (unpaired) electrons. The molecule has 0 aromatic rings. The average molecular weight is 412 g/mol. The van der Waals surface area contributed by atoms with Gasteiger partial charge >= 0.3 is 0 Å². The molecule has 0 amide bonds. The number of hydrogen-bond donors (Lipinski definition) is 1. The van der Waals surface area contributed by atoms with Gasteiger partial charge in [0.05, 0.1) is 18.2 Å². The van der Waals surface area contributed by atoms with Gasteiger partial charge in [0.2, 0.25) is 0 Å². The molecule has 2 heterocycles. The average Bonchev–Trinajstić information content (AvgIpc) is 3.07. The van der Waals surface area contributed by atoms with E-state index in [-0.39, 0.29) is 17.2 Å². The fourth-order valence-corrected chi connectivity index (χ4v) is 5.62. The zero-order valence-corrected chi connectivity index (χ0v) is 20.1. The van der Waals surface area contributed by atoms with Crippen LogP contribution in [0.15, 0.2) is 0 Å². The van der Waals surface area contributed by atoms with E-state index in [9.17, 15) is 5.21 Å². The predicted molar refractivity (Wildman–Crippen MR) is 120 cm³/mol. The van der Waals surface area contributed by atoms with Gasteiger partial charge in [0.15, 0.2) is 5.79 Å². The van der Waals surface area contributed by atoms with Gasteiger partial charge in [-0.05, 0) is 33.1 Å². The van der Waals surface area contributed by atoms with E-state index in [1.54, 1.807) is 5.06 Å². The largest absolute Gasteiger partial charge is 0.347 e. The second-order valence-corrected chi connectivity index (χ2v) is 10.3. The van der Waals surface area contributed by atoms with E-state index in [0.29, 0.717) is 6.61 Å². The van der Waals surface area contributed by atoms with E-state index >= 15 is 0 Å². The molecule has 29 heavy (non-hydrogen) atoms. The maximum atomic E-state index is 10.9. The second kappa shape index (κ2) is 11.5. The third kappa shape index (κ3) is 6.66. The highest BCUT2D eigenvalue weighted by Gasteiger charge is 2.58. The first-order chi connectivity index (χ1) is 13.8. The molecule has 0 aromatic carbocycles. The van der Waals surface area contributed by atoms with E-state index in [1.165, 1.54) is 64.2 Å². The Morgan fingerprint density at radius 1 is 0.828 bits per heavy atom. The van der Waals surface area contributed by atoms with Crippen molar-refractivity contribution in [2.24, 2.45) is 0 Å². The third-order valence-electron chi connectivity index (χ3n) is 7.43. The molecule has 2 aliphatic heterocycles. The standard InChI is InChI=1S/C25H49NO3/c1-6-9-10-11-12-13-14-15-16-17-18-22-19-28-25(29-22)20-23(4,5)26(27)24(7-2,8-3)21-25/h22,27H,6-21H2,1-5H3. The Balaban J connectivity index is 1.70. The lowest BCUT2D eigenvalue weighted by molar-refractivity contribution is -0.326. The van der Waals surface area contributed by atoms with E-state index in [0.717, 1.165) is 32.1 Å². The van der Waals surface area contributed by atoms with Crippen LogP contribution in [0.4, 0.5) is 0 Å². The number of ether oxygens (including phenoxy) is 2. The molecule has 1 N–H and O–H groups in total. The topological polar surface area (TPSA) is 41.9 Å². The van der Waals surface area contributed by atoms with Crippen LogP contribution in [0.25, 0.3) is 0 Å². The third-order valence-corrected chi connectivity index (χ3v) is 7.43. The van der Waals surface area contributed by atoms with E-state index in [2.05, 4.69) is 34.6 Å². The van der Waals surface area contributed by atoms with Crippen LogP contribution in [0.5, 0.6) is 0 Å². The lowest BCUT2D eigenvalue weighted by atomic mass is 9.73. The van der Waals surface area contributed by atoms with Crippen molar-refractivity contribution in [3.8, 4) is 0 Å². The van der Waals surface area contributed by atoms with Crippen molar-refractivity contribution in [2.75, 3.05) is 6.61 Å². The summed E-state index contributed by atoms with van der Waals surface area (Å²) in [5.74, 6) is -0.516. The molecule has 0 saturated carbocycles. The van der Waals surface area contributed by atoms with Gasteiger partial charge in [-0.15, -0.1) is 0 Å².